The van der Waals surface area contributed by atoms with Gasteiger partial charge in [-0.25, -0.2) is 0 Å². The summed E-state index contributed by atoms with van der Waals surface area (Å²) in [4.78, 5) is 14.8. The van der Waals surface area contributed by atoms with Crippen molar-refractivity contribution >= 4 is 5.91 Å². The smallest absolute Gasteiger partial charge is 0.220 e. The van der Waals surface area contributed by atoms with Crippen molar-refractivity contribution in [1.29, 1.82) is 0 Å². The minimum absolute atomic E-state index is 0.0774. The fraction of sp³-hybridized carbons (Fsp3) is 0.750. The van der Waals surface area contributed by atoms with Crippen molar-refractivity contribution in [3.05, 3.63) is 35.9 Å². The van der Waals surface area contributed by atoms with E-state index in [0.29, 0.717) is 6.42 Å². The fourth-order valence-electron chi connectivity index (χ4n) is 4.53. The molecule has 4 heteroatoms. The first-order valence-electron chi connectivity index (χ1n) is 13.5. The Hall–Kier alpha value is -1.39. The Labute approximate surface area is 197 Å². The molecule has 1 heterocycles. The second kappa shape index (κ2) is 17.1. The highest BCUT2D eigenvalue weighted by atomic mass is 16.3. The number of hydrogen-bond donors (Lipinski definition) is 2. The zero-order chi connectivity index (χ0) is 22.9. The number of unbranched alkanes of at least 4 members (excludes halogenated alkanes) is 12. The number of amides is 1. The molecular formula is C28H48N2O2. The highest BCUT2D eigenvalue weighted by Crippen LogP contribution is 2.20. The summed E-state index contributed by atoms with van der Waals surface area (Å²) < 4.78 is 0. The molecule has 1 aromatic carbocycles. The average molecular weight is 445 g/mol. The third-order valence-corrected chi connectivity index (χ3v) is 6.78. The highest BCUT2D eigenvalue weighted by molar-refractivity contribution is 5.76. The Morgan fingerprint density at radius 2 is 1.41 bits per heavy atom. The third-order valence-electron chi connectivity index (χ3n) is 6.78. The molecule has 1 aromatic rings. The molecule has 1 fully saturated rings. The van der Waals surface area contributed by atoms with Gasteiger partial charge >= 0.3 is 0 Å². The number of nitrogens with one attached hydrogen (secondary N) is 1. The fourth-order valence-corrected chi connectivity index (χ4v) is 4.53. The van der Waals surface area contributed by atoms with Crippen molar-refractivity contribution in [2.45, 2.75) is 115 Å². The third kappa shape index (κ3) is 11.5. The van der Waals surface area contributed by atoms with E-state index < -0.39 is 6.10 Å². The van der Waals surface area contributed by atoms with E-state index in [9.17, 15) is 9.90 Å². The summed E-state index contributed by atoms with van der Waals surface area (Å²) in [6.45, 7) is 5.12. The molecule has 0 saturated carbocycles. The molecule has 32 heavy (non-hydrogen) atoms. The predicted octanol–water partition coefficient (Wildman–Crippen LogP) is 6.39. The average Bonchev–Trinajstić information content (AvgIpc) is 2.78. The molecule has 2 rings (SSSR count). The Bertz CT molecular complexity index is 588. The van der Waals surface area contributed by atoms with Crippen molar-refractivity contribution in [1.82, 2.24) is 10.2 Å². The van der Waals surface area contributed by atoms with Crippen LogP contribution in [0.25, 0.3) is 0 Å². The quantitative estimate of drug-likeness (QED) is 0.243. The van der Waals surface area contributed by atoms with Gasteiger partial charge in [-0.3, -0.25) is 4.79 Å². The van der Waals surface area contributed by atoms with Crippen LogP contribution in [0, 0.1) is 0 Å². The van der Waals surface area contributed by atoms with Gasteiger partial charge in [-0.2, -0.15) is 0 Å². The molecule has 2 atom stereocenters. The van der Waals surface area contributed by atoms with E-state index in [-0.39, 0.29) is 11.9 Å². The van der Waals surface area contributed by atoms with Crippen molar-refractivity contribution in [3.8, 4) is 0 Å². The molecule has 1 saturated heterocycles. The molecule has 1 amide bonds. The SMILES string of the molecule is CCCCCCCCCCCCCCCC(=O)N[C@H](CN1CCC1)[C@H](O)c1ccccc1. The molecule has 0 radical (unpaired) electrons. The number of hydrogen-bond acceptors (Lipinski definition) is 3. The summed E-state index contributed by atoms with van der Waals surface area (Å²) in [6.07, 6.45) is 18.2. The Morgan fingerprint density at radius 3 is 1.91 bits per heavy atom. The monoisotopic (exact) mass is 444 g/mol. The molecule has 0 spiro atoms. The maximum atomic E-state index is 12.5. The molecule has 0 bridgehead atoms. The molecule has 1 aliphatic heterocycles. The van der Waals surface area contributed by atoms with E-state index in [1.807, 2.05) is 30.3 Å². The van der Waals surface area contributed by atoms with E-state index in [1.165, 1.54) is 77.0 Å². The molecule has 0 aliphatic carbocycles. The van der Waals surface area contributed by atoms with E-state index in [2.05, 4.69) is 17.1 Å². The normalized spacial score (nSPS) is 15.8. The van der Waals surface area contributed by atoms with Crippen molar-refractivity contribution in [2.24, 2.45) is 0 Å². The molecule has 0 aromatic heterocycles. The van der Waals surface area contributed by atoms with E-state index in [1.54, 1.807) is 0 Å². The van der Waals surface area contributed by atoms with Gasteiger partial charge in [-0.15, -0.1) is 0 Å². The summed E-state index contributed by atoms with van der Waals surface area (Å²) >= 11 is 0. The van der Waals surface area contributed by atoms with Gasteiger partial charge in [-0.05, 0) is 31.5 Å². The maximum Gasteiger partial charge on any atom is 0.220 e. The van der Waals surface area contributed by atoms with Crippen LogP contribution in [0.15, 0.2) is 30.3 Å². The highest BCUT2D eigenvalue weighted by Gasteiger charge is 2.27. The first kappa shape index (κ1) is 26.9. The van der Waals surface area contributed by atoms with Gasteiger partial charge in [-0.1, -0.05) is 114 Å². The first-order valence-corrected chi connectivity index (χ1v) is 13.5. The molecule has 1 aliphatic rings. The standard InChI is InChI=1S/C28H48N2O2/c1-2-3-4-5-6-7-8-9-10-11-12-13-17-21-27(31)29-26(24-30-22-18-23-30)28(32)25-19-15-14-16-20-25/h14-16,19-20,26,28,32H,2-13,17-18,21-24H2,1H3,(H,29,31)/t26-,28-/m1/s1. The van der Waals surface area contributed by atoms with E-state index in [0.717, 1.165) is 38.0 Å². The van der Waals surface area contributed by atoms with Crippen LogP contribution in [0.1, 0.15) is 115 Å². The van der Waals surface area contributed by atoms with Crippen molar-refractivity contribution in [3.63, 3.8) is 0 Å². The lowest BCUT2D eigenvalue weighted by molar-refractivity contribution is -0.123. The van der Waals surface area contributed by atoms with Crippen LogP contribution in [0.2, 0.25) is 0 Å². The molecule has 182 valence electrons. The van der Waals surface area contributed by atoms with Crippen LogP contribution in [-0.4, -0.2) is 41.6 Å². The zero-order valence-corrected chi connectivity index (χ0v) is 20.6. The molecule has 2 N–H and O–H groups in total. The lowest BCUT2D eigenvalue weighted by Crippen LogP contribution is -2.50. The van der Waals surface area contributed by atoms with Gasteiger partial charge in [0.2, 0.25) is 5.91 Å². The Balaban J connectivity index is 1.53. The number of rotatable bonds is 19. The van der Waals surface area contributed by atoms with Crippen LogP contribution in [0.5, 0.6) is 0 Å². The number of carbonyl (C=O) groups excluding carboxylic acids is 1. The summed E-state index contributed by atoms with van der Waals surface area (Å²) in [5.41, 5.74) is 0.874. The van der Waals surface area contributed by atoms with Crippen LogP contribution in [0.4, 0.5) is 0 Å². The lowest BCUT2D eigenvalue weighted by atomic mass is 10.00. The van der Waals surface area contributed by atoms with Crippen LogP contribution < -0.4 is 5.32 Å². The topological polar surface area (TPSA) is 52.6 Å². The van der Waals surface area contributed by atoms with Crippen molar-refractivity contribution in [2.75, 3.05) is 19.6 Å². The van der Waals surface area contributed by atoms with Gasteiger partial charge in [0.25, 0.3) is 0 Å². The minimum atomic E-state index is -0.660. The van der Waals surface area contributed by atoms with Crippen LogP contribution in [-0.2, 0) is 4.79 Å². The van der Waals surface area contributed by atoms with E-state index in [4.69, 9.17) is 0 Å². The van der Waals surface area contributed by atoms with Gasteiger partial charge < -0.3 is 15.3 Å². The zero-order valence-electron chi connectivity index (χ0n) is 20.6. The van der Waals surface area contributed by atoms with Gasteiger partial charge in [0, 0.05) is 13.0 Å². The maximum absolute atomic E-state index is 12.5. The summed E-state index contributed by atoms with van der Waals surface area (Å²) in [5.74, 6) is 0.0774. The first-order chi connectivity index (χ1) is 15.7. The second-order valence-electron chi connectivity index (χ2n) is 9.68. The van der Waals surface area contributed by atoms with E-state index >= 15 is 0 Å². The number of benzene rings is 1. The van der Waals surface area contributed by atoms with Crippen molar-refractivity contribution < 1.29 is 9.90 Å². The van der Waals surface area contributed by atoms with Crippen LogP contribution >= 0.6 is 0 Å². The summed E-state index contributed by atoms with van der Waals surface area (Å²) in [6, 6.07) is 9.46. The minimum Gasteiger partial charge on any atom is -0.386 e. The summed E-state index contributed by atoms with van der Waals surface area (Å²) in [7, 11) is 0. The Morgan fingerprint density at radius 1 is 0.875 bits per heavy atom. The summed E-state index contributed by atoms with van der Waals surface area (Å²) in [5, 5.41) is 14.0. The number of aliphatic hydroxyl groups is 1. The van der Waals surface area contributed by atoms with Gasteiger partial charge in [0.05, 0.1) is 6.04 Å². The van der Waals surface area contributed by atoms with Gasteiger partial charge in [0.1, 0.15) is 6.10 Å². The lowest BCUT2D eigenvalue weighted by Gasteiger charge is -2.36. The predicted molar refractivity (Wildman–Crippen MR) is 135 cm³/mol. The number of carbonyl (C=O) groups is 1. The number of aliphatic hydroxyl groups excluding tert-OH is 1. The molecular weight excluding hydrogens is 396 g/mol. The number of nitrogens with zero attached hydrogens (tertiary/aromatic N) is 1. The second-order valence-corrected chi connectivity index (χ2v) is 9.68. The van der Waals surface area contributed by atoms with Crippen LogP contribution in [0.3, 0.4) is 0 Å². The Kier molecular flexibility index (Phi) is 14.4. The molecule has 4 nitrogen and oxygen atoms in total. The number of likely N-dealkylation sites (tertiary alicyclic amines) is 1. The molecule has 0 unspecified atom stereocenters. The largest absolute Gasteiger partial charge is 0.386 e. The van der Waals surface area contributed by atoms with Gasteiger partial charge in [0.15, 0.2) is 0 Å².